The van der Waals surface area contributed by atoms with E-state index >= 15 is 0 Å². The second-order valence-electron chi connectivity index (χ2n) is 6.22. The molecule has 2 rings (SSSR count). The van der Waals surface area contributed by atoms with Crippen molar-refractivity contribution < 1.29 is 9.59 Å². The van der Waals surface area contributed by atoms with Crippen molar-refractivity contribution >= 4 is 22.6 Å². The van der Waals surface area contributed by atoms with Gasteiger partial charge in [-0.15, -0.1) is 0 Å². The van der Waals surface area contributed by atoms with Crippen LogP contribution in [0.15, 0.2) is 42.5 Å². The van der Waals surface area contributed by atoms with Crippen molar-refractivity contribution in [3.63, 3.8) is 0 Å². The monoisotopic (exact) mass is 312 g/mol. The van der Waals surface area contributed by atoms with E-state index in [1.165, 1.54) is 6.92 Å². The highest BCUT2D eigenvalue weighted by Gasteiger charge is 2.24. The first-order valence-corrected chi connectivity index (χ1v) is 7.95. The lowest BCUT2D eigenvalue weighted by molar-refractivity contribution is -0.129. The molecule has 2 unspecified atom stereocenters. The van der Waals surface area contributed by atoms with Crippen LogP contribution in [0.5, 0.6) is 0 Å². The fourth-order valence-corrected chi connectivity index (χ4v) is 2.76. The molecule has 0 fully saturated rings. The third-order valence-corrected chi connectivity index (χ3v) is 3.96. The van der Waals surface area contributed by atoms with E-state index in [0.717, 1.165) is 16.3 Å². The average molecular weight is 312 g/mol. The summed E-state index contributed by atoms with van der Waals surface area (Å²) in [6, 6.07) is 13.5. The Hall–Kier alpha value is -2.36. The predicted molar refractivity (Wildman–Crippen MR) is 92.9 cm³/mol. The normalized spacial score (nSPS) is 13.6. The lowest BCUT2D eigenvalue weighted by atomic mass is 9.98. The van der Waals surface area contributed by atoms with E-state index in [1.54, 1.807) is 0 Å². The number of fused-ring (bicyclic) bond motifs is 1. The molecule has 0 spiro atoms. The van der Waals surface area contributed by atoms with Gasteiger partial charge in [0.05, 0.1) is 6.04 Å². The highest BCUT2D eigenvalue weighted by atomic mass is 16.2. The lowest BCUT2D eigenvalue weighted by Crippen LogP contribution is -2.49. The molecule has 0 aliphatic carbocycles. The summed E-state index contributed by atoms with van der Waals surface area (Å²) in [4.78, 5) is 23.8. The second kappa shape index (κ2) is 7.27. The van der Waals surface area contributed by atoms with Crippen LogP contribution in [0.3, 0.4) is 0 Å². The zero-order chi connectivity index (χ0) is 17.0. The largest absolute Gasteiger partial charge is 0.348 e. The van der Waals surface area contributed by atoms with E-state index in [4.69, 9.17) is 0 Å². The number of rotatable bonds is 5. The summed E-state index contributed by atoms with van der Waals surface area (Å²) in [5.74, 6) is -0.328. The van der Waals surface area contributed by atoms with Crippen molar-refractivity contribution in [1.82, 2.24) is 10.6 Å². The van der Waals surface area contributed by atoms with Gasteiger partial charge in [-0.1, -0.05) is 56.3 Å². The molecule has 2 N–H and O–H groups in total. The van der Waals surface area contributed by atoms with Gasteiger partial charge in [0.1, 0.15) is 6.04 Å². The standard InChI is InChI=1S/C19H24N2O2/c1-12(2)18(21-14(4)22)19(23)20-13(3)16-11-7-9-15-8-5-6-10-17(15)16/h5-13,18H,1-4H3,(H,20,23)(H,21,22). The van der Waals surface area contributed by atoms with E-state index in [0.29, 0.717) is 0 Å². The van der Waals surface area contributed by atoms with Gasteiger partial charge in [-0.2, -0.15) is 0 Å². The third-order valence-electron chi connectivity index (χ3n) is 3.96. The average Bonchev–Trinajstić information content (AvgIpc) is 2.51. The van der Waals surface area contributed by atoms with Crippen molar-refractivity contribution in [2.75, 3.05) is 0 Å². The molecule has 0 aromatic heterocycles. The predicted octanol–water partition coefficient (Wildman–Crippen LogP) is 3.18. The Labute approximate surface area is 137 Å². The van der Waals surface area contributed by atoms with Crippen LogP contribution in [0, 0.1) is 5.92 Å². The Balaban J connectivity index is 2.21. The molecule has 4 heteroatoms. The highest BCUT2D eigenvalue weighted by molar-refractivity contribution is 5.89. The van der Waals surface area contributed by atoms with Crippen LogP contribution in [-0.4, -0.2) is 17.9 Å². The molecule has 0 radical (unpaired) electrons. The summed E-state index contributed by atoms with van der Waals surface area (Å²) < 4.78 is 0. The minimum Gasteiger partial charge on any atom is -0.348 e. The molecular weight excluding hydrogens is 288 g/mol. The summed E-state index contributed by atoms with van der Waals surface area (Å²) in [6.45, 7) is 7.23. The second-order valence-corrected chi connectivity index (χ2v) is 6.22. The maximum Gasteiger partial charge on any atom is 0.243 e. The quantitative estimate of drug-likeness (QED) is 0.891. The van der Waals surface area contributed by atoms with Gasteiger partial charge in [0.15, 0.2) is 0 Å². The SMILES string of the molecule is CC(=O)NC(C(=O)NC(C)c1cccc2ccccc12)C(C)C. The van der Waals surface area contributed by atoms with Gasteiger partial charge in [-0.05, 0) is 29.2 Å². The van der Waals surface area contributed by atoms with Gasteiger partial charge >= 0.3 is 0 Å². The Morgan fingerprint density at radius 2 is 1.57 bits per heavy atom. The number of amides is 2. The molecule has 0 heterocycles. The van der Waals surface area contributed by atoms with Crippen LogP contribution in [0.2, 0.25) is 0 Å². The molecule has 0 bridgehead atoms. The van der Waals surface area contributed by atoms with E-state index in [1.807, 2.05) is 45.0 Å². The smallest absolute Gasteiger partial charge is 0.243 e. The van der Waals surface area contributed by atoms with Gasteiger partial charge in [0.25, 0.3) is 0 Å². The fourth-order valence-electron chi connectivity index (χ4n) is 2.76. The minimum absolute atomic E-state index is 0.0265. The first-order valence-electron chi connectivity index (χ1n) is 7.95. The zero-order valence-electron chi connectivity index (χ0n) is 14.1. The maximum absolute atomic E-state index is 12.5. The van der Waals surface area contributed by atoms with E-state index < -0.39 is 6.04 Å². The molecule has 23 heavy (non-hydrogen) atoms. The number of carbonyl (C=O) groups is 2. The molecule has 0 saturated heterocycles. The number of hydrogen-bond donors (Lipinski definition) is 2. The molecule has 0 aliphatic rings. The van der Waals surface area contributed by atoms with Crippen molar-refractivity contribution in [2.45, 2.75) is 39.8 Å². The van der Waals surface area contributed by atoms with Crippen LogP contribution in [0.25, 0.3) is 10.8 Å². The molecule has 122 valence electrons. The highest BCUT2D eigenvalue weighted by Crippen LogP contribution is 2.24. The summed E-state index contributed by atoms with van der Waals surface area (Å²) in [7, 11) is 0. The number of hydrogen-bond acceptors (Lipinski definition) is 2. The number of nitrogens with one attached hydrogen (secondary N) is 2. The van der Waals surface area contributed by atoms with Crippen LogP contribution < -0.4 is 10.6 Å². The Bertz CT molecular complexity index is 704. The summed E-state index contributed by atoms with van der Waals surface area (Å²) in [6.07, 6.45) is 0. The Kier molecular flexibility index (Phi) is 5.37. The minimum atomic E-state index is -0.523. The lowest BCUT2D eigenvalue weighted by Gasteiger charge is -2.24. The van der Waals surface area contributed by atoms with E-state index in [9.17, 15) is 9.59 Å². The Morgan fingerprint density at radius 1 is 0.913 bits per heavy atom. The first-order chi connectivity index (χ1) is 10.9. The molecule has 2 amide bonds. The van der Waals surface area contributed by atoms with Gasteiger partial charge < -0.3 is 10.6 Å². The van der Waals surface area contributed by atoms with Gasteiger partial charge in [-0.3, -0.25) is 9.59 Å². The molecule has 0 aliphatic heterocycles. The fraction of sp³-hybridized carbons (Fsp3) is 0.368. The third kappa shape index (κ3) is 4.09. The van der Waals surface area contributed by atoms with Crippen LogP contribution in [0.4, 0.5) is 0 Å². The zero-order valence-corrected chi connectivity index (χ0v) is 14.1. The van der Waals surface area contributed by atoms with Crippen molar-refractivity contribution in [2.24, 2.45) is 5.92 Å². The molecule has 0 saturated carbocycles. The van der Waals surface area contributed by atoms with E-state index in [2.05, 4.69) is 28.8 Å². The van der Waals surface area contributed by atoms with Crippen LogP contribution in [0.1, 0.15) is 39.3 Å². The summed E-state index contributed by atoms with van der Waals surface area (Å²) >= 11 is 0. The first kappa shape index (κ1) is 17.0. The maximum atomic E-state index is 12.5. The van der Waals surface area contributed by atoms with Gasteiger partial charge in [0.2, 0.25) is 11.8 Å². The van der Waals surface area contributed by atoms with Crippen molar-refractivity contribution in [3.8, 4) is 0 Å². The molecule has 2 aromatic rings. The molecule has 2 atom stereocenters. The number of benzene rings is 2. The van der Waals surface area contributed by atoms with Crippen LogP contribution in [-0.2, 0) is 9.59 Å². The number of carbonyl (C=O) groups excluding carboxylic acids is 2. The Morgan fingerprint density at radius 3 is 2.22 bits per heavy atom. The summed E-state index contributed by atoms with van der Waals surface area (Å²) in [5, 5.41) is 8.02. The topological polar surface area (TPSA) is 58.2 Å². The van der Waals surface area contributed by atoms with Gasteiger partial charge in [0, 0.05) is 6.92 Å². The molecule has 4 nitrogen and oxygen atoms in total. The molecule has 2 aromatic carbocycles. The van der Waals surface area contributed by atoms with Crippen molar-refractivity contribution in [3.05, 3.63) is 48.0 Å². The van der Waals surface area contributed by atoms with E-state index in [-0.39, 0.29) is 23.8 Å². The van der Waals surface area contributed by atoms with Gasteiger partial charge in [-0.25, -0.2) is 0 Å². The molecular formula is C19H24N2O2. The van der Waals surface area contributed by atoms with Crippen molar-refractivity contribution in [1.29, 1.82) is 0 Å². The summed E-state index contributed by atoms with van der Waals surface area (Å²) in [5.41, 5.74) is 1.07. The van der Waals surface area contributed by atoms with Crippen LogP contribution >= 0.6 is 0 Å².